The number of carbonyl (C=O) groups excluding carboxylic acids is 2. The first-order valence-corrected chi connectivity index (χ1v) is 21.7. The molecule has 2 amide bonds. The van der Waals surface area contributed by atoms with E-state index in [2.05, 4.69) is 44.4 Å². The molecule has 3 fully saturated rings. The number of nitrogens with one attached hydrogen (secondary N) is 2. The maximum Gasteiger partial charge on any atom is 0.264 e. The number of sulfonamides is 1. The number of allylic oxidation sites excluding steroid dienone is 1. The summed E-state index contributed by atoms with van der Waals surface area (Å²) in [4.78, 5) is 30.4. The summed E-state index contributed by atoms with van der Waals surface area (Å²) in [6, 6.07) is 12.4. The fraction of sp³-hybridized carbons (Fsp3) is 0.512. The number of methoxy groups -OCH3 is 1. The van der Waals surface area contributed by atoms with Crippen molar-refractivity contribution < 1.29 is 22.7 Å². The van der Waals surface area contributed by atoms with E-state index in [0.29, 0.717) is 24.6 Å². The molecule has 292 valence electrons. The van der Waals surface area contributed by atoms with Crippen molar-refractivity contribution in [2.45, 2.75) is 121 Å². The van der Waals surface area contributed by atoms with Gasteiger partial charge in [-0.2, -0.15) is 5.10 Å². The number of fused-ring (bicyclic) bond motifs is 5. The number of likely N-dealkylation sites (N-methyl/N-ethyl adjacent to an activating group) is 1. The van der Waals surface area contributed by atoms with Crippen LogP contribution in [-0.4, -0.2) is 77.5 Å². The van der Waals surface area contributed by atoms with E-state index >= 15 is 0 Å². The Hall–Kier alpha value is -4.42. The fourth-order valence-corrected chi connectivity index (χ4v) is 9.77. The van der Waals surface area contributed by atoms with Gasteiger partial charge >= 0.3 is 0 Å². The van der Waals surface area contributed by atoms with Crippen LogP contribution in [0.4, 0.5) is 0 Å². The molecule has 4 heterocycles. The van der Waals surface area contributed by atoms with Crippen molar-refractivity contribution in [1.29, 1.82) is 0 Å². The lowest BCUT2D eigenvalue weighted by Crippen LogP contribution is -2.51. The molecule has 2 aliphatic carbocycles. The largest absolute Gasteiger partial charge is 0.497 e. The van der Waals surface area contributed by atoms with E-state index in [4.69, 9.17) is 9.84 Å². The van der Waals surface area contributed by atoms with E-state index in [1.165, 1.54) is 12.0 Å². The minimum atomic E-state index is -3.84. The number of ether oxygens (including phenoxy) is 1. The summed E-state index contributed by atoms with van der Waals surface area (Å²) in [5, 5.41) is 8.68. The van der Waals surface area contributed by atoms with Crippen LogP contribution >= 0.6 is 0 Å². The van der Waals surface area contributed by atoms with Crippen LogP contribution in [0.15, 0.2) is 42.6 Å². The van der Waals surface area contributed by atoms with Gasteiger partial charge in [0.15, 0.2) is 0 Å². The van der Waals surface area contributed by atoms with Gasteiger partial charge in [0.05, 0.1) is 48.1 Å². The van der Waals surface area contributed by atoms with E-state index in [1.54, 1.807) is 33.2 Å². The van der Waals surface area contributed by atoms with Crippen molar-refractivity contribution in [3.8, 4) is 17.0 Å². The molecular formula is C43H54N6O5S. The first kappa shape index (κ1) is 37.5. The van der Waals surface area contributed by atoms with E-state index in [0.717, 1.165) is 103 Å². The topological polar surface area (TPSA) is 128 Å². The van der Waals surface area contributed by atoms with Crippen LogP contribution in [0.5, 0.6) is 5.75 Å². The van der Waals surface area contributed by atoms with Crippen molar-refractivity contribution in [1.82, 2.24) is 29.3 Å². The summed E-state index contributed by atoms with van der Waals surface area (Å²) in [6.07, 6.45) is 14.7. The summed E-state index contributed by atoms with van der Waals surface area (Å²) >= 11 is 0. The van der Waals surface area contributed by atoms with Gasteiger partial charge in [-0.25, -0.2) is 13.1 Å². The van der Waals surface area contributed by atoms with E-state index < -0.39 is 21.2 Å². The van der Waals surface area contributed by atoms with Gasteiger partial charge in [-0.3, -0.25) is 14.3 Å². The van der Waals surface area contributed by atoms with E-state index in [9.17, 15) is 18.0 Å². The van der Waals surface area contributed by atoms with Gasteiger partial charge in [0, 0.05) is 40.7 Å². The molecule has 2 aromatic carbocycles. The molecule has 11 nitrogen and oxygen atoms in total. The molecule has 0 spiro atoms. The molecule has 2 saturated carbocycles. The van der Waals surface area contributed by atoms with Crippen molar-refractivity contribution in [3.05, 3.63) is 70.5 Å². The molecule has 2 N–H and O–H groups in total. The number of likely N-dealkylation sites (tertiary alicyclic amines) is 1. The number of rotatable bonds is 9. The van der Waals surface area contributed by atoms with Crippen molar-refractivity contribution in [3.63, 3.8) is 0 Å². The highest BCUT2D eigenvalue weighted by Gasteiger charge is 2.36. The minimum Gasteiger partial charge on any atom is -0.497 e. The van der Waals surface area contributed by atoms with Crippen LogP contribution in [0.1, 0.15) is 134 Å². The maximum absolute atomic E-state index is 14.8. The van der Waals surface area contributed by atoms with Crippen LogP contribution < -0.4 is 14.8 Å². The Morgan fingerprint density at radius 3 is 2.42 bits per heavy atom. The number of nitrogens with zero attached hydrogens (tertiary/aromatic N) is 4. The highest BCUT2D eigenvalue weighted by molar-refractivity contribution is 7.90. The molecule has 0 bridgehead atoms. The van der Waals surface area contributed by atoms with Gasteiger partial charge in [0.2, 0.25) is 10.0 Å². The lowest BCUT2D eigenvalue weighted by atomic mass is 9.81. The molecule has 55 heavy (non-hydrogen) atoms. The highest BCUT2D eigenvalue weighted by atomic mass is 32.2. The molecule has 2 aliphatic heterocycles. The van der Waals surface area contributed by atoms with E-state index in [-0.39, 0.29) is 29.6 Å². The molecule has 2 aromatic heterocycles. The molecule has 4 aromatic rings. The molecule has 8 rings (SSSR count). The monoisotopic (exact) mass is 766 g/mol. The molecular weight excluding hydrogens is 713 g/mol. The highest BCUT2D eigenvalue weighted by Crippen LogP contribution is 2.48. The Labute approximate surface area is 324 Å². The SMILES string of the molecule is CNC1CCC(C)N(C(=O)c2cnn(C3CCC3)c2C2=Cc3cc(OC)ccc3-c3c(C4CCCCC4)c4ccc(C(=O)NS(=O)(=O)C(C)C)cc4n3C2)C1. The van der Waals surface area contributed by atoms with Crippen molar-refractivity contribution in [2.75, 3.05) is 20.7 Å². The zero-order chi connectivity index (χ0) is 38.6. The number of carbonyl (C=O) groups is 2. The normalized spacial score (nSPS) is 20.8. The summed E-state index contributed by atoms with van der Waals surface area (Å²) in [5.41, 5.74) is 7.98. The summed E-state index contributed by atoms with van der Waals surface area (Å²) in [5.74, 6) is 0.414. The Balaban J connectivity index is 1.35. The number of aromatic nitrogens is 3. The third-order valence-corrected chi connectivity index (χ3v) is 14.4. The Kier molecular flexibility index (Phi) is 10.2. The Morgan fingerprint density at radius 1 is 0.945 bits per heavy atom. The second-order valence-electron chi connectivity index (χ2n) is 16.4. The van der Waals surface area contributed by atoms with Crippen LogP contribution in [0.2, 0.25) is 0 Å². The molecule has 2 unspecified atom stereocenters. The standard InChI is InChI=1S/C43H54N6O5S/c1-26(2)55(52,53)46-42(50)29-15-18-36-38(22-29)48-24-31(20-30-21-34(54-5)17-19-35(30)41(48)39(36)28-10-7-6-8-11-28)40-37(23-45-49(40)33-12-9-13-33)43(51)47-25-32(44-4)16-14-27(47)3/h15,17-23,26-28,32-33,44H,6-14,16,24-25H2,1-5H3,(H,46,50). The predicted molar refractivity (Wildman–Crippen MR) is 217 cm³/mol. The van der Waals surface area contributed by atoms with Crippen LogP contribution in [0, 0.1) is 0 Å². The van der Waals surface area contributed by atoms with Crippen molar-refractivity contribution in [2.24, 2.45) is 0 Å². The van der Waals surface area contributed by atoms with Crippen LogP contribution in [0.25, 0.3) is 33.8 Å². The number of amides is 2. The quantitative estimate of drug-likeness (QED) is 0.181. The zero-order valence-electron chi connectivity index (χ0n) is 32.7. The van der Waals surface area contributed by atoms with E-state index in [1.807, 2.05) is 30.1 Å². The average molecular weight is 767 g/mol. The third-order valence-electron chi connectivity index (χ3n) is 12.7. The fourth-order valence-electron chi connectivity index (χ4n) is 9.16. The lowest BCUT2D eigenvalue weighted by Gasteiger charge is -2.38. The average Bonchev–Trinajstić information content (AvgIpc) is 3.67. The van der Waals surface area contributed by atoms with Gasteiger partial charge in [-0.1, -0.05) is 25.3 Å². The Bertz CT molecular complexity index is 2280. The maximum atomic E-state index is 14.8. The molecule has 2 atom stereocenters. The molecule has 0 radical (unpaired) electrons. The summed E-state index contributed by atoms with van der Waals surface area (Å²) < 4.78 is 38.1. The van der Waals surface area contributed by atoms with Gasteiger partial charge in [-0.05, 0) is 132 Å². The number of hydrogen-bond acceptors (Lipinski definition) is 7. The van der Waals surface area contributed by atoms with Crippen LogP contribution in [0.3, 0.4) is 0 Å². The summed E-state index contributed by atoms with van der Waals surface area (Å²) in [6.45, 7) is 6.32. The van der Waals surface area contributed by atoms with Crippen molar-refractivity contribution >= 4 is 44.4 Å². The van der Waals surface area contributed by atoms with Gasteiger partial charge in [0.1, 0.15) is 5.75 Å². The smallest absolute Gasteiger partial charge is 0.264 e. The second kappa shape index (κ2) is 14.9. The first-order valence-electron chi connectivity index (χ1n) is 20.2. The van der Waals surface area contributed by atoms with Gasteiger partial charge in [-0.15, -0.1) is 0 Å². The minimum absolute atomic E-state index is 0.00478. The first-order chi connectivity index (χ1) is 26.5. The molecule has 4 aliphatic rings. The predicted octanol–water partition coefficient (Wildman–Crippen LogP) is 7.52. The van der Waals surface area contributed by atoms with Gasteiger partial charge < -0.3 is 19.5 Å². The number of piperidine rings is 1. The number of benzene rings is 2. The molecule has 12 heteroatoms. The van der Waals surface area contributed by atoms with Gasteiger partial charge in [0.25, 0.3) is 11.8 Å². The Morgan fingerprint density at radius 2 is 1.73 bits per heavy atom. The second-order valence-corrected chi connectivity index (χ2v) is 18.6. The third kappa shape index (κ3) is 6.79. The zero-order valence-corrected chi connectivity index (χ0v) is 33.5. The molecule has 1 saturated heterocycles. The summed E-state index contributed by atoms with van der Waals surface area (Å²) in [7, 11) is -0.194. The lowest BCUT2D eigenvalue weighted by molar-refractivity contribution is 0.0596. The van der Waals surface area contributed by atoms with Crippen LogP contribution in [-0.2, 0) is 16.6 Å². The number of hydrogen-bond donors (Lipinski definition) is 2.